The molecule has 0 aliphatic carbocycles. The maximum atomic E-state index is 12.4. The highest BCUT2D eigenvalue weighted by Crippen LogP contribution is 2.28. The first-order valence-corrected chi connectivity index (χ1v) is 8.84. The summed E-state index contributed by atoms with van der Waals surface area (Å²) < 4.78 is 0. The van der Waals surface area contributed by atoms with Crippen LogP contribution in [0.5, 0.6) is 0 Å². The van der Waals surface area contributed by atoms with E-state index in [-0.39, 0.29) is 6.03 Å². The number of amides is 2. The van der Waals surface area contributed by atoms with Gasteiger partial charge in [0, 0.05) is 50.5 Å². The number of urea groups is 1. The van der Waals surface area contributed by atoms with Crippen LogP contribution in [0.4, 0.5) is 10.5 Å². The van der Waals surface area contributed by atoms with E-state index in [4.69, 9.17) is 0 Å². The van der Waals surface area contributed by atoms with Gasteiger partial charge in [-0.2, -0.15) is 0 Å². The van der Waals surface area contributed by atoms with Crippen molar-refractivity contribution >= 4 is 11.7 Å². The summed E-state index contributed by atoms with van der Waals surface area (Å²) in [6.45, 7) is 5.02. The van der Waals surface area contributed by atoms with Crippen molar-refractivity contribution in [2.45, 2.75) is 44.3 Å². The Balaban J connectivity index is 1.38. The lowest BCUT2D eigenvalue weighted by Crippen LogP contribution is -2.52. The normalized spacial score (nSPS) is 24.3. The topological polar surface area (TPSA) is 49.7 Å². The Hall–Kier alpha value is -1.59. The molecule has 3 aliphatic heterocycles. The van der Waals surface area contributed by atoms with Crippen molar-refractivity contribution in [2.24, 2.45) is 0 Å². The summed E-state index contributed by atoms with van der Waals surface area (Å²) in [5.41, 5.74) is 2.19. The summed E-state index contributed by atoms with van der Waals surface area (Å²) in [7, 11) is 0. The first kappa shape index (κ1) is 15.0. The highest BCUT2D eigenvalue weighted by atomic mass is 16.2. The summed E-state index contributed by atoms with van der Waals surface area (Å²) in [6, 6.07) is 9.27. The van der Waals surface area contributed by atoms with Crippen LogP contribution in [0.2, 0.25) is 0 Å². The fourth-order valence-corrected chi connectivity index (χ4v) is 4.18. The monoisotopic (exact) mass is 313 g/mol. The predicted molar refractivity (Wildman–Crippen MR) is 90.5 cm³/mol. The second kappa shape index (κ2) is 6.49. The Kier molecular flexibility index (Phi) is 4.23. The smallest absolute Gasteiger partial charge is 0.317 e. The van der Waals surface area contributed by atoms with E-state index in [2.05, 4.69) is 21.6 Å². The Morgan fingerprint density at radius 3 is 2.52 bits per heavy atom. The number of carbonyl (C=O) groups excluding carboxylic acids is 1. The molecule has 2 fully saturated rings. The lowest BCUT2D eigenvalue weighted by atomic mass is 9.97. The average Bonchev–Trinajstić information content (AvgIpc) is 2.62. The van der Waals surface area contributed by atoms with E-state index < -0.39 is 0 Å². The fourth-order valence-electron chi connectivity index (χ4n) is 4.18. The molecule has 0 atom stereocenters. The number of nitrogens with zero attached hydrogens (tertiary/aromatic N) is 3. The minimum atomic E-state index is 0.0682. The SMILES string of the molecule is O=C1Nc2ccccc2CN1C1CCN(C2CC[N]CC2)CC1. The number of likely N-dealkylation sites (tertiary alicyclic amines) is 1. The number of rotatable bonds is 2. The molecule has 1 N–H and O–H groups in total. The van der Waals surface area contributed by atoms with E-state index in [0.717, 1.165) is 51.3 Å². The van der Waals surface area contributed by atoms with Gasteiger partial charge >= 0.3 is 6.03 Å². The molecule has 0 bridgehead atoms. The number of carbonyl (C=O) groups is 1. The van der Waals surface area contributed by atoms with E-state index in [0.29, 0.717) is 12.1 Å². The molecule has 4 rings (SSSR count). The van der Waals surface area contributed by atoms with Gasteiger partial charge < -0.3 is 15.1 Å². The third kappa shape index (κ3) is 3.08. The van der Waals surface area contributed by atoms with E-state index in [9.17, 15) is 4.79 Å². The lowest BCUT2D eigenvalue weighted by Gasteiger charge is -2.43. The second-order valence-corrected chi connectivity index (χ2v) is 6.88. The van der Waals surface area contributed by atoms with Crippen molar-refractivity contribution in [1.82, 2.24) is 15.1 Å². The molecule has 1 aromatic rings. The Bertz CT molecular complexity index is 562. The Morgan fingerprint density at radius 1 is 1.00 bits per heavy atom. The van der Waals surface area contributed by atoms with Crippen LogP contribution in [-0.4, -0.2) is 54.1 Å². The third-order valence-corrected chi connectivity index (χ3v) is 5.56. The molecule has 2 amide bonds. The molecule has 1 aromatic carbocycles. The molecule has 0 unspecified atom stereocenters. The predicted octanol–water partition coefficient (Wildman–Crippen LogP) is 2.27. The maximum absolute atomic E-state index is 12.4. The fraction of sp³-hybridized carbons (Fsp3) is 0.611. The van der Waals surface area contributed by atoms with Gasteiger partial charge in [-0.1, -0.05) is 18.2 Å². The molecule has 5 nitrogen and oxygen atoms in total. The van der Waals surface area contributed by atoms with E-state index in [1.807, 2.05) is 23.1 Å². The van der Waals surface area contributed by atoms with Gasteiger partial charge in [0.2, 0.25) is 0 Å². The quantitative estimate of drug-likeness (QED) is 0.910. The standard InChI is InChI=1S/C18H25N4O/c23-18-20-17-4-2-1-3-14(17)13-22(18)16-7-11-21(12-8-16)15-5-9-19-10-6-15/h1-4,15-16H,5-13H2,(H,20,23). The summed E-state index contributed by atoms with van der Waals surface area (Å²) in [5.74, 6) is 0. The van der Waals surface area contributed by atoms with E-state index in [1.54, 1.807) is 0 Å². The highest BCUT2D eigenvalue weighted by Gasteiger charge is 2.33. The van der Waals surface area contributed by atoms with Crippen LogP contribution in [0, 0.1) is 0 Å². The number of benzene rings is 1. The molecule has 0 aromatic heterocycles. The molecule has 3 heterocycles. The first-order chi connectivity index (χ1) is 11.3. The van der Waals surface area contributed by atoms with Crippen LogP contribution >= 0.6 is 0 Å². The minimum Gasteiger partial charge on any atom is -0.317 e. The molecule has 123 valence electrons. The van der Waals surface area contributed by atoms with Crippen LogP contribution in [-0.2, 0) is 6.54 Å². The van der Waals surface area contributed by atoms with Crippen LogP contribution in [0.3, 0.4) is 0 Å². The summed E-state index contributed by atoms with van der Waals surface area (Å²) in [5, 5.41) is 7.50. The first-order valence-electron chi connectivity index (χ1n) is 8.84. The largest absolute Gasteiger partial charge is 0.322 e. The van der Waals surface area contributed by atoms with Gasteiger partial charge in [-0.15, -0.1) is 0 Å². The van der Waals surface area contributed by atoms with Crippen molar-refractivity contribution < 1.29 is 4.79 Å². The number of nitrogens with one attached hydrogen (secondary N) is 1. The number of hydrogen-bond acceptors (Lipinski definition) is 2. The van der Waals surface area contributed by atoms with E-state index >= 15 is 0 Å². The number of anilines is 1. The Morgan fingerprint density at radius 2 is 1.74 bits per heavy atom. The Labute approximate surface area is 138 Å². The molecular formula is C18H25N4O. The van der Waals surface area contributed by atoms with E-state index in [1.165, 1.54) is 18.4 Å². The van der Waals surface area contributed by atoms with Crippen LogP contribution < -0.4 is 10.6 Å². The molecule has 2 saturated heterocycles. The average molecular weight is 313 g/mol. The molecule has 3 aliphatic rings. The zero-order valence-corrected chi connectivity index (χ0v) is 13.6. The highest BCUT2D eigenvalue weighted by molar-refractivity contribution is 5.92. The van der Waals surface area contributed by atoms with Crippen molar-refractivity contribution in [1.29, 1.82) is 0 Å². The van der Waals surface area contributed by atoms with Gasteiger partial charge in [0.05, 0.1) is 0 Å². The number of piperidine rings is 2. The molecule has 5 heteroatoms. The van der Waals surface area contributed by atoms with Crippen molar-refractivity contribution in [2.75, 3.05) is 31.5 Å². The molecular weight excluding hydrogens is 288 g/mol. The molecule has 0 spiro atoms. The zero-order chi connectivity index (χ0) is 15.6. The van der Waals surface area contributed by atoms with Gasteiger partial charge in [-0.25, -0.2) is 10.1 Å². The molecule has 0 saturated carbocycles. The minimum absolute atomic E-state index is 0.0682. The van der Waals surface area contributed by atoms with Gasteiger partial charge in [-0.3, -0.25) is 0 Å². The molecule has 1 radical (unpaired) electrons. The third-order valence-electron chi connectivity index (χ3n) is 5.56. The number of hydrogen-bond donors (Lipinski definition) is 1. The number of fused-ring (bicyclic) bond motifs is 1. The van der Waals surface area contributed by atoms with Gasteiger partial charge in [0.25, 0.3) is 0 Å². The molecule has 23 heavy (non-hydrogen) atoms. The zero-order valence-electron chi connectivity index (χ0n) is 13.6. The van der Waals surface area contributed by atoms with Gasteiger partial charge in [0.15, 0.2) is 0 Å². The van der Waals surface area contributed by atoms with Gasteiger partial charge in [0.1, 0.15) is 0 Å². The summed E-state index contributed by atoms with van der Waals surface area (Å²) in [4.78, 5) is 17.1. The number of para-hydroxylation sites is 1. The van der Waals surface area contributed by atoms with Crippen molar-refractivity contribution in [3.8, 4) is 0 Å². The lowest BCUT2D eigenvalue weighted by molar-refractivity contribution is 0.0837. The summed E-state index contributed by atoms with van der Waals surface area (Å²) >= 11 is 0. The van der Waals surface area contributed by atoms with Crippen molar-refractivity contribution in [3.63, 3.8) is 0 Å². The van der Waals surface area contributed by atoms with Crippen LogP contribution in [0.15, 0.2) is 24.3 Å². The van der Waals surface area contributed by atoms with Gasteiger partial charge in [-0.05, 0) is 37.3 Å². The van der Waals surface area contributed by atoms with Crippen molar-refractivity contribution in [3.05, 3.63) is 29.8 Å². The second-order valence-electron chi connectivity index (χ2n) is 6.88. The summed E-state index contributed by atoms with van der Waals surface area (Å²) in [6.07, 6.45) is 4.59. The maximum Gasteiger partial charge on any atom is 0.322 e. The van der Waals surface area contributed by atoms with Crippen LogP contribution in [0.25, 0.3) is 0 Å². The van der Waals surface area contributed by atoms with Crippen LogP contribution in [0.1, 0.15) is 31.2 Å².